The summed E-state index contributed by atoms with van der Waals surface area (Å²) in [7, 11) is 1.79. The number of aromatic nitrogens is 1. The lowest BCUT2D eigenvalue weighted by atomic mass is 10.1. The van der Waals surface area contributed by atoms with E-state index in [1.807, 2.05) is 0 Å². The van der Waals surface area contributed by atoms with Gasteiger partial charge < -0.3 is 10.6 Å². The fraction of sp³-hybridized carbons (Fsp3) is 0.444. The van der Waals surface area contributed by atoms with Gasteiger partial charge in [0.1, 0.15) is 5.01 Å². The van der Waals surface area contributed by atoms with Crippen LogP contribution in [0.4, 0.5) is 0 Å². The minimum absolute atomic E-state index is 0.475. The average molecular weight is 331 g/mol. The molecule has 0 unspecified atom stereocenters. The first-order valence-electron chi connectivity index (χ1n) is 8.09. The Hall–Kier alpha value is -1.88. The maximum absolute atomic E-state index is 4.63. The Kier molecular flexibility index (Phi) is 6.59. The molecule has 1 aromatic carbocycles. The van der Waals surface area contributed by atoms with Crippen molar-refractivity contribution in [3.05, 3.63) is 51.5 Å². The molecule has 4 nitrogen and oxygen atoms in total. The van der Waals surface area contributed by atoms with E-state index in [9.17, 15) is 0 Å². The summed E-state index contributed by atoms with van der Waals surface area (Å²) < 4.78 is 0. The van der Waals surface area contributed by atoms with E-state index >= 15 is 0 Å². The zero-order chi connectivity index (χ0) is 16.7. The van der Waals surface area contributed by atoms with Crippen molar-refractivity contribution in [2.24, 2.45) is 4.99 Å². The third-order valence-corrected chi connectivity index (χ3v) is 4.60. The Morgan fingerprint density at radius 1 is 1.17 bits per heavy atom. The second-order valence-corrected chi connectivity index (χ2v) is 6.67. The number of nitrogens with zero attached hydrogens (tertiary/aromatic N) is 2. The van der Waals surface area contributed by atoms with Crippen LogP contribution in [-0.2, 0) is 19.5 Å². The summed E-state index contributed by atoms with van der Waals surface area (Å²) in [5.74, 6) is 1.28. The van der Waals surface area contributed by atoms with Crippen molar-refractivity contribution in [2.45, 2.75) is 46.2 Å². The predicted molar refractivity (Wildman–Crippen MR) is 99.1 cm³/mol. The number of aryl methyl sites for hydroxylation is 1. The average Bonchev–Trinajstić information content (AvgIpc) is 3.04. The lowest BCUT2D eigenvalue weighted by molar-refractivity contribution is 0.782. The summed E-state index contributed by atoms with van der Waals surface area (Å²) in [5.41, 5.74) is 3.85. The molecule has 0 radical (unpaired) electrons. The van der Waals surface area contributed by atoms with Crippen LogP contribution in [0.25, 0.3) is 0 Å². The van der Waals surface area contributed by atoms with Crippen LogP contribution in [0.2, 0.25) is 0 Å². The Labute approximate surface area is 143 Å². The lowest BCUT2D eigenvalue weighted by Gasteiger charge is -2.13. The fourth-order valence-electron chi connectivity index (χ4n) is 2.31. The standard InChI is InChI=1S/C18H26N4S/c1-5-14-8-6-7-9-15(14)10-20-18(19-4)21-11-17-22-16(12-23-17)13(2)3/h6-9,12-13H,5,10-11H2,1-4H3,(H2,19,20,21). The smallest absolute Gasteiger partial charge is 0.191 e. The Bertz CT molecular complexity index is 646. The van der Waals surface area contributed by atoms with E-state index in [1.165, 1.54) is 11.1 Å². The van der Waals surface area contributed by atoms with E-state index in [0.717, 1.165) is 29.6 Å². The third kappa shape index (κ3) is 5.06. The molecule has 23 heavy (non-hydrogen) atoms. The van der Waals surface area contributed by atoms with Gasteiger partial charge in [-0.2, -0.15) is 0 Å². The van der Waals surface area contributed by atoms with Crippen LogP contribution in [0.1, 0.15) is 48.5 Å². The largest absolute Gasteiger partial charge is 0.352 e. The minimum Gasteiger partial charge on any atom is -0.352 e. The maximum Gasteiger partial charge on any atom is 0.191 e. The quantitative estimate of drug-likeness (QED) is 0.627. The van der Waals surface area contributed by atoms with Crippen LogP contribution in [0.15, 0.2) is 34.6 Å². The second-order valence-electron chi connectivity index (χ2n) is 5.72. The van der Waals surface area contributed by atoms with Gasteiger partial charge in [0.2, 0.25) is 0 Å². The number of nitrogens with one attached hydrogen (secondary N) is 2. The van der Waals surface area contributed by atoms with E-state index in [-0.39, 0.29) is 0 Å². The minimum atomic E-state index is 0.475. The van der Waals surface area contributed by atoms with Gasteiger partial charge in [-0.05, 0) is 23.5 Å². The summed E-state index contributed by atoms with van der Waals surface area (Å²) in [6.07, 6.45) is 1.04. The Balaban J connectivity index is 1.88. The van der Waals surface area contributed by atoms with Crippen molar-refractivity contribution in [2.75, 3.05) is 7.05 Å². The molecule has 124 valence electrons. The molecule has 0 amide bonds. The molecular formula is C18H26N4S. The topological polar surface area (TPSA) is 49.3 Å². The van der Waals surface area contributed by atoms with Crippen molar-refractivity contribution < 1.29 is 0 Å². The molecule has 0 saturated carbocycles. The first-order valence-corrected chi connectivity index (χ1v) is 8.97. The van der Waals surface area contributed by atoms with E-state index in [2.05, 4.69) is 71.0 Å². The van der Waals surface area contributed by atoms with Gasteiger partial charge in [0.15, 0.2) is 5.96 Å². The van der Waals surface area contributed by atoms with Crippen molar-refractivity contribution in [3.8, 4) is 0 Å². The number of thiazole rings is 1. The molecule has 2 aromatic rings. The fourth-order valence-corrected chi connectivity index (χ4v) is 3.20. The summed E-state index contributed by atoms with van der Waals surface area (Å²) in [6, 6.07) is 8.50. The summed E-state index contributed by atoms with van der Waals surface area (Å²) in [6.45, 7) is 7.99. The molecule has 0 spiro atoms. The second kappa shape index (κ2) is 8.67. The van der Waals surface area contributed by atoms with Gasteiger partial charge in [0.05, 0.1) is 12.2 Å². The molecule has 0 bridgehead atoms. The van der Waals surface area contributed by atoms with Gasteiger partial charge in [0, 0.05) is 19.0 Å². The molecule has 2 N–H and O–H groups in total. The Morgan fingerprint density at radius 3 is 2.48 bits per heavy atom. The van der Waals surface area contributed by atoms with Crippen LogP contribution >= 0.6 is 11.3 Å². The molecule has 5 heteroatoms. The highest BCUT2D eigenvalue weighted by atomic mass is 32.1. The van der Waals surface area contributed by atoms with Crippen molar-refractivity contribution in [1.82, 2.24) is 15.6 Å². The highest BCUT2D eigenvalue weighted by Crippen LogP contribution is 2.17. The lowest BCUT2D eigenvalue weighted by Crippen LogP contribution is -2.36. The van der Waals surface area contributed by atoms with Gasteiger partial charge in [0.25, 0.3) is 0 Å². The highest BCUT2D eigenvalue weighted by Gasteiger charge is 2.07. The molecule has 0 aliphatic rings. The molecule has 0 atom stereocenters. The first kappa shape index (κ1) is 17.5. The van der Waals surface area contributed by atoms with Crippen LogP contribution in [0, 0.1) is 0 Å². The molecule has 1 aromatic heterocycles. The zero-order valence-corrected chi connectivity index (χ0v) is 15.2. The van der Waals surface area contributed by atoms with Crippen LogP contribution < -0.4 is 10.6 Å². The van der Waals surface area contributed by atoms with Crippen LogP contribution in [0.3, 0.4) is 0 Å². The van der Waals surface area contributed by atoms with Gasteiger partial charge in [-0.1, -0.05) is 45.0 Å². The van der Waals surface area contributed by atoms with Gasteiger partial charge in [-0.25, -0.2) is 4.98 Å². The summed E-state index contributed by atoms with van der Waals surface area (Å²) in [4.78, 5) is 8.92. The summed E-state index contributed by atoms with van der Waals surface area (Å²) in [5, 5.41) is 9.93. The van der Waals surface area contributed by atoms with Gasteiger partial charge in [-0.15, -0.1) is 11.3 Å². The zero-order valence-electron chi connectivity index (χ0n) is 14.4. The molecular weight excluding hydrogens is 304 g/mol. The van der Waals surface area contributed by atoms with Gasteiger partial charge in [-0.3, -0.25) is 4.99 Å². The van der Waals surface area contributed by atoms with E-state index in [0.29, 0.717) is 12.5 Å². The first-order chi connectivity index (χ1) is 11.1. The monoisotopic (exact) mass is 330 g/mol. The highest BCUT2D eigenvalue weighted by molar-refractivity contribution is 7.09. The molecule has 1 heterocycles. The number of aliphatic imine (C=N–C) groups is 1. The third-order valence-electron chi connectivity index (χ3n) is 3.74. The number of rotatable bonds is 6. The van der Waals surface area contributed by atoms with E-state index in [4.69, 9.17) is 0 Å². The SMILES string of the molecule is CCc1ccccc1CNC(=NC)NCc1nc(C(C)C)cs1. The van der Waals surface area contributed by atoms with Crippen molar-refractivity contribution in [1.29, 1.82) is 0 Å². The Morgan fingerprint density at radius 2 is 1.87 bits per heavy atom. The van der Waals surface area contributed by atoms with Gasteiger partial charge >= 0.3 is 0 Å². The molecule has 0 fully saturated rings. The number of hydrogen-bond acceptors (Lipinski definition) is 3. The maximum atomic E-state index is 4.63. The molecule has 2 rings (SSSR count). The number of hydrogen-bond donors (Lipinski definition) is 2. The normalized spacial score (nSPS) is 11.8. The van der Waals surface area contributed by atoms with Crippen LogP contribution in [0.5, 0.6) is 0 Å². The van der Waals surface area contributed by atoms with E-state index < -0.39 is 0 Å². The number of benzene rings is 1. The summed E-state index contributed by atoms with van der Waals surface area (Å²) >= 11 is 1.69. The predicted octanol–water partition coefficient (Wildman–Crippen LogP) is 3.69. The van der Waals surface area contributed by atoms with E-state index in [1.54, 1.807) is 18.4 Å². The molecule has 0 aliphatic carbocycles. The van der Waals surface area contributed by atoms with Crippen LogP contribution in [-0.4, -0.2) is 18.0 Å². The molecule has 0 saturated heterocycles. The number of guanidine groups is 1. The van der Waals surface area contributed by atoms with Crippen molar-refractivity contribution in [3.63, 3.8) is 0 Å². The van der Waals surface area contributed by atoms with Crippen molar-refractivity contribution >= 4 is 17.3 Å². The molecule has 0 aliphatic heterocycles.